The lowest BCUT2D eigenvalue weighted by atomic mass is 10.1. The summed E-state index contributed by atoms with van der Waals surface area (Å²) in [6.07, 6.45) is 0. The van der Waals surface area contributed by atoms with Gasteiger partial charge >= 0.3 is 0 Å². The number of fused-ring (bicyclic) bond motifs is 1. The number of carbonyl (C=O) groups excluding carboxylic acids is 1. The Balaban J connectivity index is 2.27. The summed E-state index contributed by atoms with van der Waals surface area (Å²) in [6, 6.07) is 10.7. The monoisotopic (exact) mass is 270 g/mol. The molecule has 4 N–H and O–H groups in total. The number of halogens is 1. The zero-order valence-corrected chi connectivity index (χ0v) is 10.4. The summed E-state index contributed by atoms with van der Waals surface area (Å²) in [4.78, 5) is 11.3. The number of aromatic nitrogens is 2. The lowest BCUT2D eigenvalue weighted by Crippen LogP contribution is -2.10. The van der Waals surface area contributed by atoms with Gasteiger partial charge in [0.25, 0.3) is 0 Å². The predicted molar refractivity (Wildman–Crippen MR) is 74.0 cm³/mol. The standard InChI is InChI=1S/C14H11FN4O/c15-9-2-4-10(5-3-9)19-12-7-8(14(17)20)1-6-11(12)13(16)18-19/h1-7H,(H2,16,18)(H2,17,20). The summed E-state index contributed by atoms with van der Waals surface area (Å²) < 4.78 is 14.5. The van der Waals surface area contributed by atoms with Crippen molar-refractivity contribution >= 4 is 22.6 Å². The van der Waals surface area contributed by atoms with Crippen molar-refractivity contribution in [2.45, 2.75) is 0 Å². The van der Waals surface area contributed by atoms with Gasteiger partial charge in [-0.1, -0.05) is 0 Å². The molecule has 0 aliphatic carbocycles. The van der Waals surface area contributed by atoms with Gasteiger partial charge < -0.3 is 11.5 Å². The maximum absolute atomic E-state index is 13.0. The van der Waals surface area contributed by atoms with Crippen LogP contribution in [0.4, 0.5) is 10.2 Å². The highest BCUT2D eigenvalue weighted by Crippen LogP contribution is 2.24. The first-order chi connectivity index (χ1) is 9.56. The Bertz CT molecular complexity index is 808. The normalized spacial score (nSPS) is 10.8. The van der Waals surface area contributed by atoms with E-state index < -0.39 is 5.91 Å². The molecule has 2 aromatic carbocycles. The minimum Gasteiger partial charge on any atom is -0.382 e. The van der Waals surface area contributed by atoms with Crippen molar-refractivity contribution in [2.75, 3.05) is 5.73 Å². The van der Waals surface area contributed by atoms with Crippen molar-refractivity contribution in [2.24, 2.45) is 5.73 Å². The third-order valence-electron chi connectivity index (χ3n) is 3.07. The molecule has 0 atom stereocenters. The second-order valence-electron chi connectivity index (χ2n) is 4.37. The summed E-state index contributed by atoms with van der Waals surface area (Å²) in [7, 11) is 0. The molecule has 1 aromatic heterocycles. The second kappa shape index (κ2) is 4.34. The molecular weight excluding hydrogens is 259 g/mol. The molecule has 1 heterocycles. The largest absolute Gasteiger partial charge is 0.382 e. The van der Waals surface area contributed by atoms with Crippen LogP contribution in [0, 0.1) is 5.82 Å². The second-order valence-corrected chi connectivity index (χ2v) is 4.37. The third-order valence-corrected chi connectivity index (χ3v) is 3.07. The SMILES string of the molecule is NC(=O)c1ccc2c(N)nn(-c3ccc(F)cc3)c2c1. The third kappa shape index (κ3) is 1.87. The first-order valence-corrected chi connectivity index (χ1v) is 5.90. The topological polar surface area (TPSA) is 86.9 Å². The van der Waals surface area contributed by atoms with Gasteiger partial charge in [0.15, 0.2) is 5.82 Å². The number of nitrogens with zero attached hydrogens (tertiary/aromatic N) is 2. The van der Waals surface area contributed by atoms with Crippen molar-refractivity contribution in [3.63, 3.8) is 0 Å². The Morgan fingerprint density at radius 2 is 1.85 bits per heavy atom. The predicted octanol–water partition coefficient (Wildman–Crippen LogP) is 1.85. The molecule has 3 rings (SSSR count). The lowest BCUT2D eigenvalue weighted by Gasteiger charge is -2.04. The Kier molecular flexibility index (Phi) is 2.64. The van der Waals surface area contributed by atoms with E-state index in [1.54, 1.807) is 35.0 Å². The molecule has 3 aromatic rings. The molecule has 0 aliphatic heterocycles. The molecule has 1 amide bonds. The van der Waals surface area contributed by atoms with Gasteiger partial charge in [-0.3, -0.25) is 4.79 Å². The van der Waals surface area contributed by atoms with Gasteiger partial charge in [-0.05, 0) is 42.5 Å². The van der Waals surface area contributed by atoms with Crippen LogP contribution in [0.15, 0.2) is 42.5 Å². The molecule has 0 unspecified atom stereocenters. The lowest BCUT2D eigenvalue weighted by molar-refractivity contribution is 0.100. The molecule has 0 saturated heterocycles. The number of amides is 1. The maximum Gasteiger partial charge on any atom is 0.248 e. The number of nitrogens with two attached hydrogens (primary N) is 2. The summed E-state index contributed by atoms with van der Waals surface area (Å²) in [5, 5.41) is 4.92. The highest BCUT2D eigenvalue weighted by Gasteiger charge is 2.12. The van der Waals surface area contributed by atoms with Crippen molar-refractivity contribution in [1.82, 2.24) is 9.78 Å². The molecule has 0 aliphatic rings. The Hall–Kier alpha value is -2.89. The molecule has 0 fully saturated rings. The summed E-state index contributed by atoms with van der Waals surface area (Å²) in [6.45, 7) is 0. The van der Waals surface area contributed by atoms with Gasteiger partial charge in [0.05, 0.1) is 11.2 Å². The minimum absolute atomic E-state index is 0.334. The number of anilines is 1. The van der Waals surface area contributed by atoms with E-state index in [-0.39, 0.29) is 5.82 Å². The van der Waals surface area contributed by atoms with E-state index in [4.69, 9.17) is 11.5 Å². The molecule has 0 bridgehead atoms. The average Bonchev–Trinajstić information content (AvgIpc) is 2.76. The quantitative estimate of drug-likeness (QED) is 0.745. The minimum atomic E-state index is -0.530. The smallest absolute Gasteiger partial charge is 0.248 e. The zero-order chi connectivity index (χ0) is 14.3. The highest BCUT2D eigenvalue weighted by atomic mass is 19.1. The molecule has 5 nitrogen and oxygen atoms in total. The van der Waals surface area contributed by atoms with Crippen LogP contribution in [0.2, 0.25) is 0 Å². The fourth-order valence-electron chi connectivity index (χ4n) is 2.07. The van der Waals surface area contributed by atoms with E-state index in [0.717, 1.165) is 0 Å². The Labute approximate surface area is 113 Å². The van der Waals surface area contributed by atoms with Crippen LogP contribution >= 0.6 is 0 Å². The van der Waals surface area contributed by atoms with Crippen LogP contribution in [-0.2, 0) is 0 Å². The fourth-order valence-corrected chi connectivity index (χ4v) is 2.07. The van der Waals surface area contributed by atoms with E-state index in [2.05, 4.69) is 5.10 Å². The number of nitrogen functional groups attached to an aromatic ring is 1. The van der Waals surface area contributed by atoms with Gasteiger partial charge in [0.1, 0.15) is 5.82 Å². The average molecular weight is 270 g/mol. The number of benzene rings is 2. The molecular formula is C14H11FN4O. The number of hydrogen-bond donors (Lipinski definition) is 2. The number of primary amides is 1. The first kappa shape index (κ1) is 12.2. The molecule has 0 radical (unpaired) electrons. The van der Waals surface area contributed by atoms with Crippen LogP contribution in [0.3, 0.4) is 0 Å². The fraction of sp³-hybridized carbons (Fsp3) is 0. The summed E-state index contributed by atoms with van der Waals surface area (Å²) >= 11 is 0. The number of hydrogen-bond acceptors (Lipinski definition) is 3. The van der Waals surface area contributed by atoms with Crippen LogP contribution in [0.25, 0.3) is 16.6 Å². The van der Waals surface area contributed by atoms with E-state index in [1.165, 1.54) is 12.1 Å². The van der Waals surface area contributed by atoms with Gasteiger partial charge in [-0.15, -0.1) is 5.10 Å². The molecule has 100 valence electrons. The van der Waals surface area contributed by atoms with Gasteiger partial charge in [0.2, 0.25) is 5.91 Å². The van der Waals surface area contributed by atoms with Crippen molar-refractivity contribution in [3.8, 4) is 5.69 Å². The van der Waals surface area contributed by atoms with Crippen LogP contribution in [0.5, 0.6) is 0 Å². The van der Waals surface area contributed by atoms with Gasteiger partial charge in [-0.2, -0.15) is 0 Å². The molecule has 0 saturated carbocycles. The number of rotatable bonds is 2. The van der Waals surface area contributed by atoms with Gasteiger partial charge in [-0.25, -0.2) is 9.07 Å². The van der Waals surface area contributed by atoms with Crippen molar-refractivity contribution in [3.05, 3.63) is 53.8 Å². The highest BCUT2D eigenvalue weighted by molar-refractivity contribution is 5.99. The Morgan fingerprint density at radius 3 is 2.50 bits per heavy atom. The van der Waals surface area contributed by atoms with Crippen molar-refractivity contribution < 1.29 is 9.18 Å². The summed E-state index contributed by atoms with van der Waals surface area (Å²) in [5.41, 5.74) is 12.8. The van der Waals surface area contributed by atoms with Gasteiger partial charge in [0, 0.05) is 10.9 Å². The molecule has 20 heavy (non-hydrogen) atoms. The van der Waals surface area contributed by atoms with Crippen LogP contribution in [-0.4, -0.2) is 15.7 Å². The molecule has 0 spiro atoms. The van der Waals surface area contributed by atoms with E-state index in [0.29, 0.717) is 28.0 Å². The first-order valence-electron chi connectivity index (χ1n) is 5.90. The Morgan fingerprint density at radius 1 is 1.15 bits per heavy atom. The van der Waals surface area contributed by atoms with E-state index in [1.807, 2.05) is 0 Å². The van der Waals surface area contributed by atoms with E-state index >= 15 is 0 Å². The van der Waals surface area contributed by atoms with Crippen LogP contribution < -0.4 is 11.5 Å². The molecule has 6 heteroatoms. The number of carbonyl (C=O) groups is 1. The maximum atomic E-state index is 13.0. The van der Waals surface area contributed by atoms with Crippen LogP contribution in [0.1, 0.15) is 10.4 Å². The van der Waals surface area contributed by atoms with E-state index in [9.17, 15) is 9.18 Å². The zero-order valence-electron chi connectivity index (χ0n) is 10.4. The summed E-state index contributed by atoms with van der Waals surface area (Å²) in [5.74, 6) is -0.534. The van der Waals surface area contributed by atoms with Crippen molar-refractivity contribution in [1.29, 1.82) is 0 Å².